The van der Waals surface area contributed by atoms with Crippen molar-refractivity contribution in [2.24, 2.45) is 0 Å². The molecule has 0 bridgehead atoms. The molecule has 0 unspecified atom stereocenters. The van der Waals surface area contributed by atoms with Crippen LogP contribution in [0, 0.1) is 0 Å². The Labute approximate surface area is 90.7 Å². The standard InChI is InChI=1S/C9H12N2O2.C2H6/c1-3-9(12)11-7-6-10-5-4-8(7)13-2;1-2/h4-6H,3H2,1-2H3,(H,11,12);1-2H3. The lowest BCUT2D eigenvalue weighted by Crippen LogP contribution is -2.10. The number of ether oxygens (including phenoxy) is 1. The number of pyridine rings is 1. The van der Waals surface area contributed by atoms with Crippen molar-refractivity contribution >= 4 is 11.6 Å². The van der Waals surface area contributed by atoms with E-state index in [0.717, 1.165) is 0 Å². The Morgan fingerprint density at radius 1 is 1.53 bits per heavy atom. The fourth-order valence-electron chi connectivity index (χ4n) is 0.892. The first-order chi connectivity index (χ1) is 7.27. The molecule has 1 amide bonds. The highest BCUT2D eigenvalue weighted by atomic mass is 16.5. The number of anilines is 1. The lowest BCUT2D eigenvalue weighted by Gasteiger charge is -2.07. The van der Waals surface area contributed by atoms with E-state index in [4.69, 9.17) is 4.74 Å². The van der Waals surface area contributed by atoms with Gasteiger partial charge in [0.2, 0.25) is 5.91 Å². The largest absolute Gasteiger partial charge is 0.494 e. The molecule has 1 aromatic heterocycles. The van der Waals surface area contributed by atoms with Crippen LogP contribution in [-0.2, 0) is 4.79 Å². The second-order valence-corrected chi connectivity index (χ2v) is 2.48. The van der Waals surface area contributed by atoms with Crippen molar-refractivity contribution in [3.05, 3.63) is 18.5 Å². The summed E-state index contributed by atoms with van der Waals surface area (Å²) < 4.78 is 5.04. The van der Waals surface area contributed by atoms with E-state index in [1.165, 1.54) is 0 Å². The third-order valence-corrected chi connectivity index (χ3v) is 1.60. The van der Waals surface area contributed by atoms with Crippen LogP contribution in [0.3, 0.4) is 0 Å². The minimum atomic E-state index is -0.0497. The summed E-state index contributed by atoms with van der Waals surface area (Å²) in [6, 6.07) is 1.70. The van der Waals surface area contributed by atoms with Gasteiger partial charge in [0.1, 0.15) is 11.4 Å². The molecule has 0 atom stereocenters. The Hall–Kier alpha value is -1.58. The third kappa shape index (κ3) is 4.44. The zero-order valence-electron chi connectivity index (χ0n) is 9.70. The van der Waals surface area contributed by atoms with Gasteiger partial charge in [0.15, 0.2) is 0 Å². The van der Waals surface area contributed by atoms with Gasteiger partial charge in [0.25, 0.3) is 0 Å². The molecule has 0 aliphatic carbocycles. The summed E-state index contributed by atoms with van der Waals surface area (Å²) in [5.74, 6) is 0.572. The molecule has 1 N–H and O–H groups in total. The van der Waals surface area contributed by atoms with Crippen molar-refractivity contribution in [2.45, 2.75) is 27.2 Å². The van der Waals surface area contributed by atoms with Crippen LogP contribution >= 0.6 is 0 Å². The molecule has 0 aliphatic rings. The number of methoxy groups -OCH3 is 1. The highest BCUT2D eigenvalue weighted by molar-refractivity contribution is 5.91. The first-order valence-electron chi connectivity index (χ1n) is 5.05. The number of nitrogens with zero attached hydrogens (tertiary/aromatic N) is 1. The molecule has 4 heteroatoms. The third-order valence-electron chi connectivity index (χ3n) is 1.60. The number of nitrogens with one attached hydrogen (secondary N) is 1. The molecule has 84 valence electrons. The molecular weight excluding hydrogens is 192 g/mol. The van der Waals surface area contributed by atoms with E-state index in [1.807, 2.05) is 13.8 Å². The topological polar surface area (TPSA) is 51.2 Å². The summed E-state index contributed by atoms with van der Waals surface area (Å²) in [4.78, 5) is 14.9. The van der Waals surface area contributed by atoms with Crippen molar-refractivity contribution in [1.82, 2.24) is 4.98 Å². The van der Waals surface area contributed by atoms with Crippen molar-refractivity contribution in [2.75, 3.05) is 12.4 Å². The number of carbonyl (C=O) groups is 1. The van der Waals surface area contributed by atoms with Crippen LogP contribution in [0.2, 0.25) is 0 Å². The molecule has 1 heterocycles. The predicted octanol–water partition coefficient (Wildman–Crippen LogP) is 2.46. The molecule has 1 rings (SSSR count). The van der Waals surface area contributed by atoms with E-state index in [0.29, 0.717) is 17.9 Å². The highest BCUT2D eigenvalue weighted by Gasteiger charge is 2.04. The number of amides is 1. The van der Waals surface area contributed by atoms with Gasteiger partial charge in [-0.15, -0.1) is 0 Å². The smallest absolute Gasteiger partial charge is 0.224 e. The molecule has 0 spiro atoms. The van der Waals surface area contributed by atoms with Crippen LogP contribution in [-0.4, -0.2) is 18.0 Å². The number of rotatable bonds is 3. The summed E-state index contributed by atoms with van der Waals surface area (Å²) >= 11 is 0. The maximum Gasteiger partial charge on any atom is 0.224 e. The Kier molecular flexibility index (Phi) is 6.97. The van der Waals surface area contributed by atoms with E-state index >= 15 is 0 Å². The summed E-state index contributed by atoms with van der Waals surface area (Å²) in [7, 11) is 1.55. The highest BCUT2D eigenvalue weighted by Crippen LogP contribution is 2.21. The second-order valence-electron chi connectivity index (χ2n) is 2.48. The minimum Gasteiger partial charge on any atom is -0.494 e. The molecule has 0 aliphatic heterocycles. The van der Waals surface area contributed by atoms with E-state index < -0.39 is 0 Å². The zero-order chi connectivity index (χ0) is 11.7. The Bertz CT molecular complexity index is 300. The Morgan fingerprint density at radius 2 is 2.20 bits per heavy atom. The SMILES string of the molecule is CC.CCC(=O)Nc1cnccc1OC. The Balaban J connectivity index is 0.000000921. The van der Waals surface area contributed by atoms with E-state index in [9.17, 15) is 4.79 Å². The normalized spacial score (nSPS) is 8.53. The number of carbonyl (C=O) groups excluding carboxylic acids is 1. The fourth-order valence-corrected chi connectivity index (χ4v) is 0.892. The zero-order valence-corrected chi connectivity index (χ0v) is 9.70. The van der Waals surface area contributed by atoms with Crippen LogP contribution in [0.1, 0.15) is 27.2 Å². The maximum absolute atomic E-state index is 11.1. The van der Waals surface area contributed by atoms with Crippen LogP contribution in [0.4, 0.5) is 5.69 Å². The van der Waals surface area contributed by atoms with Gasteiger partial charge in [-0.3, -0.25) is 9.78 Å². The number of hydrogen-bond donors (Lipinski definition) is 1. The van der Waals surface area contributed by atoms with Gasteiger partial charge < -0.3 is 10.1 Å². The summed E-state index contributed by atoms with van der Waals surface area (Å²) in [6.45, 7) is 5.79. The average molecular weight is 210 g/mol. The van der Waals surface area contributed by atoms with Crippen molar-refractivity contribution in [3.8, 4) is 5.75 Å². The molecule has 0 aromatic carbocycles. The number of aromatic nitrogens is 1. The summed E-state index contributed by atoms with van der Waals surface area (Å²) in [5.41, 5.74) is 0.608. The molecular formula is C11H18N2O2. The second kappa shape index (κ2) is 7.79. The van der Waals surface area contributed by atoms with Gasteiger partial charge >= 0.3 is 0 Å². The van der Waals surface area contributed by atoms with Gasteiger partial charge in [-0.2, -0.15) is 0 Å². The van der Waals surface area contributed by atoms with Crippen LogP contribution in [0.15, 0.2) is 18.5 Å². The fraction of sp³-hybridized carbons (Fsp3) is 0.455. The predicted molar refractivity (Wildman–Crippen MR) is 61.1 cm³/mol. The summed E-state index contributed by atoms with van der Waals surface area (Å²) in [6.07, 6.45) is 3.62. The molecule has 0 radical (unpaired) electrons. The van der Waals surface area contributed by atoms with Gasteiger partial charge in [-0.1, -0.05) is 20.8 Å². The molecule has 0 saturated heterocycles. The van der Waals surface area contributed by atoms with E-state index in [-0.39, 0.29) is 5.91 Å². The van der Waals surface area contributed by atoms with Crippen LogP contribution in [0.25, 0.3) is 0 Å². The first-order valence-corrected chi connectivity index (χ1v) is 5.05. The lowest BCUT2D eigenvalue weighted by atomic mass is 10.3. The van der Waals surface area contributed by atoms with Crippen molar-refractivity contribution < 1.29 is 9.53 Å². The van der Waals surface area contributed by atoms with Crippen LogP contribution < -0.4 is 10.1 Å². The monoisotopic (exact) mass is 210 g/mol. The number of hydrogen-bond acceptors (Lipinski definition) is 3. The van der Waals surface area contributed by atoms with Gasteiger partial charge in [-0.25, -0.2) is 0 Å². The Morgan fingerprint density at radius 3 is 2.73 bits per heavy atom. The van der Waals surface area contributed by atoms with Gasteiger partial charge in [-0.05, 0) is 0 Å². The van der Waals surface area contributed by atoms with E-state index in [1.54, 1.807) is 32.5 Å². The molecule has 1 aromatic rings. The average Bonchev–Trinajstić information content (AvgIpc) is 2.32. The quantitative estimate of drug-likeness (QED) is 0.833. The van der Waals surface area contributed by atoms with Crippen molar-refractivity contribution in [3.63, 3.8) is 0 Å². The van der Waals surface area contributed by atoms with E-state index in [2.05, 4.69) is 10.3 Å². The van der Waals surface area contributed by atoms with Crippen LogP contribution in [0.5, 0.6) is 5.75 Å². The minimum absolute atomic E-state index is 0.0497. The molecule has 0 saturated carbocycles. The molecule has 4 nitrogen and oxygen atoms in total. The van der Waals surface area contributed by atoms with Gasteiger partial charge in [0, 0.05) is 18.7 Å². The maximum atomic E-state index is 11.1. The summed E-state index contributed by atoms with van der Waals surface area (Å²) in [5, 5.41) is 2.68. The first kappa shape index (κ1) is 13.4. The van der Waals surface area contributed by atoms with Crippen molar-refractivity contribution in [1.29, 1.82) is 0 Å². The molecule has 0 fully saturated rings. The molecule has 15 heavy (non-hydrogen) atoms. The lowest BCUT2D eigenvalue weighted by molar-refractivity contribution is -0.115. The van der Waals surface area contributed by atoms with Gasteiger partial charge in [0.05, 0.1) is 13.3 Å².